The molecule has 0 unspecified atom stereocenters. The van der Waals surface area contributed by atoms with E-state index in [1.165, 1.54) is 0 Å². The van der Waals surface area contributed by atoms with Gasteiger partial charge in [0.05, 0.1) is 10.5 Å². The topological polar surface area (TPSA) is 66.4 Å². The normalized spacial score (nSPS) is 12.7. The van der Waals surface area contributed by atoms with Gasteiger partial charge in [0, 0.05) is 6.54 Å². The fourth-order valence-electron chi connectivity index (χ4n) is 1.29. The number of hydrogen-bond acceptors (Lipinski definition) is 3. The van der Waals surface area contributed by atoms with E-state index in [1.54, 1.807) is 38.1 Å². The van der Waals surface area contributed by atoms with Crippen molar-refractivity contribution < 1.29 is 13.5 Å². The Balaban J connectivity index is 2.66. The summed E-state index contributed by atoms with van der Waals surface area (Å²) in [4.78, 5) is 0.249. The van der Waals surface area contributed by atoms with Crippen molar-refractivity contribution in [3.63, 3.8) is 0 Å². The third-order valence-corrected chi connectivity index (χ3v) is 3.84. The summed E-state index contributed by atoms with van der Waals surface area (Å²) in [7, 11) is -3.46. The summed E-state index contributed by atoms with van der Waals surface area (Å²) < 4.78 is 26.1. The lowest BCUT2D eigenvalue weighted by atomic mass is 10.1. The van der Waals surface area contributed by atoms with Gasteiger partial charge >= 0.3 is 0 Å². The molecule has 0 aliphatic rings. The average molecular weight is 257 g/mol. The van der Waals surface area contributed by atoms with Gasteiger partial charge in [-0.3, -0.25) is 0 Å². The maximum absolute atomic E-state index is 11.8. The van der Waals surface area contributed by atoms with Gasteiger partial charge in [-0.2, -0.15) is 0 Å². The Bertz CT molecular complexity index is 458. The van der Waals surface area contributed by atoms with E-state index in [0.717, 1.165) is 5.56 Å². The first-order valence-corrected chi connectivity index (χ1v) is 6.98. The second kappa shape index (κ2) is 5.16. The molecule has 96 valence electrons. The third-order valence-electron chi connectivity index (χ3n) is 2.36. The van der Waals surface area contributed by atoms with E-state index in [9.17, 15) is 13.5 Å². The predicted molar refractivity (Wildman–Crippen MR) is 67.3 cm³/mol. The zero-order valence-electron chi connectivity index (χ0n) is 10.4. The smallest absolute Gasteiger partial charge is 0.240 e. The highest BCUT2D eigenvalue weighted by molar-refractivity contribution is 7.89. The molecule has 1 aromatic carbocycles. The van der Waals surface area contributed by atoms with Crippen molar-refractivity contribution in [2.75, 3.05) is 6.54 Å². The lowest BCUT2D eigenvalue weighted by Crippen LogP contribution is -2.30. The van der Waals surface area contributed by atoms with E-state index in [-0.39, 0.29) is 11.4 Å². The van der Waals surface area contributed by atoms with Gasteiger partial charge in [-0.25, -0.2) is 13.1 Å². The van der Waals surface area contributed by atoms with Gasteiger partial charge in [0.25, 0.3) is 0 Å². The second-order valence-electron chi connectivity index (χ2n) is 4.77. The van der Waals surface area contributed by atoms with Gasteiger partial charge in [0.15, 0.2) is 0 Å². The number of benzene rings is 1. The van der Waals surface area contributed by atoms with Crippen LogP contribution in [-0.4, -0.2) is 25.7 Å². The summed E-state index contributed by atoms with van der Waals surface area (Å²) in [5.74, 6) is 0. The fraction of sp³-hybridized carbons (Fsp3) is 0.500. The fourth-order valence-corrected chi connectivity index (χ4v) is 2.32. The summed E-state index contributed by atoms with van der Waals surface area (Å²) in [5, 5.41) is 9.49. The molecule has 0 amide bonds. The molecule has 17 heavy (non-hydrogen) atoms. The van der Waals surface area contributed by atoms with Gasteiger partial charge in [0.2, 0.25) is 10.0 Å². The molecule has 1 aromatic rings. The molecule has 0 aliphatic heterocycles. The van der Waals surface area contributed by atoms with Crippen LogP contribution < -0.4 is 4.72 Å². The summed E-state index contributed by atoms with van der Waals surface area (Å²) in [5.41, 5.74) is 0.149. The molecule has 4 nitrogen and oxygen atoms in total. The van der Waals surface area contributed by atoms with Crippen LogP contribution in [0.3, 0.4) is 0 Å². The second-order valence-corrected chi connectivity index (χ2v) is 6.54. The highest BCUT2D eigenvalue weighted by Gasteiger charge is 2.16. The van der Waals surface area contributed by atoms with E-state index in [4.69, 9.17) is 0 Å². The Kier molecular flexibility index (Phi) is 4.30. The van der Waals surface area contributed by atoms with Crippen molar-refractivity contribution in [3.8, 4) is 0 Å². The summed E-state index contributed by atoms with van der Waals surface area (Å²) in [6.07, 6.45) is 0.373. The molecule has 0 spiro atoms. The first-order valence-electron chi connectivity index (χ1n) is 5.49. The first kappa shape index (κ1) is 14.2. The molecule has 0 aliphatic carbocycles. The van der Waals surface area contributed by atoms with Crippen LogP contribution in [-0.2, 0) is 10.0 Å². The molecule has 0 heterocycles. The van der Waals surface area contributed by atoms with Crippen molar-refractivity contribution in [3.05, 3.63) is 29.8 Å². The summed E-state index contributed by atoms with van der Waals surface area (Å²) in [6.45, 7) is 5.41. The largest absolute Gasteiger partial charge is 0.390 e. The highest BCUT2D eigenvalue weighted by Crippen LogP contribution is 2.11. The Morgan fingerprint density at radius 3 is 2.24 bits per heavy atom. The van der Waals surface area contributed by atoms with Crippen LogP contribution in [0.5, 0.6) is 0 Å². The number of sulfonamides is 1. The van der Waals surface area contributed by atoms with Crippen LogP contribution in [0.4, 0.5) is 0 Å². The molecule has 0 radical (unpaired) electrons. The Labute approximate surface area is 103 Å². The Morgan fingerprint density at radius 2 is 1.76 bits per heavy atom. The molecular weight excluding hydrogens is 238 g/mol. The minimum absolute atomic E-state index is 0.222. The van der Waals surface area contributed by atoms with E-state index >= 15 is 0 Å². The summed E-state index contributed by atoms with van der Waals surface area (Å²) in [6, 6.07) is 6.65. The monoisotopic (exact) mass is 257 g/mol. The standard InChI is InChI=1S/C12H19NO3S/c1-10-4-6-11(7-5-10)17(15,16)13-9-8-12(2,3)14/h4-7,13-14H,8-9H2,1-3H3. The van der Waals surface area contributed by atoms with Gasteiger partial charge < -0.3 is 5.11 Å². The number of rotatable bonds is 5. The maximum Gasteiger partial charge on any atom is 0.240 e. The predicted octanol–water partition coefficient (Wildman–Crippen LogP) is 1.43. The van der Waals surface area contributed by atoms with Crippen molar-refractivity contribution in [1.82, 2.24) is 4.72 Å². The molecule has 0 saturated carbocycles. The van der Waals surface area contributed by atoms with Crippen molar-refractivity contribution >= 4 is 10.0 Å². The first-order chi connectivity index (χ1) is 7.71. The molecule has 0 aromatic heterocycles. The maximum atomic E-state index is 11.8. The van der Waals surface area contributed by atoms with Crippen molar-refractivity contribution in [1.29, 1.82) is 0 Å². The third kappa shape index (κ3) is 4.85. The quantitative estimate of drug-likeness (QED) is 0.838. The minimum Gasteiger partial charge on any atom is -0.390 e. The van der Waals surface area contributed by atoms with Crippen LogP contribution in [0.25, 0.3) is 0 Å². The van der Waals surface area contributed by atoms with Gasteiger partial charge in [0.1, 0.15) is 0 Å². The molecule has 2 N–H and O–H groups in total. The van der Waals surface area contributed by atoms with Crippen LogP contribution in [0.15, 0.2) is 29.2 Å². The molecule has 0 atom stereocenters. The van der Waals surface area contributed by atoms with E-state index in [1.807, 2.05) is 6.92 Å². The van der Waals surface area contributed by atoms with Gasteiger partial charge in [-0.05, 0) is 39.3 Å². The van der Waals surface area contributed by atoms with Crippen LogP contribution in [0, 0.1) is 6.92 Å². The molecule has 1 rings (SSSR count). The zero-order chi connectivity index (χ0) is 13.1. The molecular formula is C12H19NO3S. The number of aryl methyl sites for hydroxylation is 1. The van der Waals surface area contributed by atoms with Gasteiger partial charge in [-0.15, -0.1) is 0 Å². The van der Waals surface area contributed by atoms with Crippen LogP contribution >= 0.6 is 0 Å². The lowest BCUT2D eigenvalue weighted by Gasteiger charge is -2.17. The Morgan fingerprint density at radius 1 is 1.24 bits per heavy atom. The zero-order valence-corrected chi connectivity index (χ0v) is 11.2. The van der Waals surface area contributed by atoms with Gasteiger partial charge in [-0.1, -0.05) is 17.7 Å². The van der Waals surface area contributed by atoms with Crippen molar-refractivity contribution in [2.24, 2.45) is 0 Å². The molecule has 0 saturated heterocycles. The minimum atomic E-state index is -3.46. The average Bonchev–Trinajstić information content (AvgIpc) is 2.15. The molecule has 0 bridgehead atoms. The van der Waals surface area contributed by atoms with E-state index in [2.05, 4.69) is 4.72 Å². The Hall–Kier alpha value is -0.910. The summed E-state index contributed by atoms with van der Waals surface area (Å²) >= 11 is 0. The lowest BCUT2D eigenvalue weighted by molar-refractivity contribution is 0.0728. The molecule has 0 fully saturated rings. The molecule has 5 heteroatoms. The highest BCUT2D eigenvalue weighted by atomic mass is 32.2. The number of nitrogens with one attached hydrogen (secondary N) is 1. The van der Waals surface area contributed by atoms with Crippen molar-refractivity contribution in [2.45, 2.75) is 37.7 Å². The van der Waals surface area contributed by atoms with Crippen LogP contribution in [0.1, 0.15) is 25.8 Å². The van der Waals surface area contributed by atoms with Crippen LogP contribution in [0.2, 0.25) is 0 Å². The van der Waals surface area contributed by atoms with E-state index in [0.29, 0.717) is 6.42 Å². The van der Waals surface area contributed by atoms with E-state index < -0.39 is 15.6 Å². The number of aliphatic hydroxyl groups is 1. The SMILES string of the molecule is Cc1ccc(S(=O)(=O)NCCC(C)(C)O)cc1. The number of hydrogen-bond donors (Lipinski definition) is 2.